The van der Waals surface area contributed by atoms with E-state index >= 15 is 0 Å². The van der Waals surface area contributed by atoms with Gasteiger partial charge in [-0.1, -0.05) is 31.0 Å². The minimum absolute atomic E-state index is 0.0973. The normalized spacial score (nSPS) is 22.5. The summed E-state index contributed by atoms with van der Waals surface area (Å²) >= 11 is 0. The number of pyridine rings is 1. The Hall–Kier alpha value is -2.76. The Morgan fingerprint density at radius 1 is 1.12 bits per heavy atom. The van der Waals surface area contributed by atoms with E-state index < -0.39 is 0 Å². The zero-order valence-electron chi connectivity index (χ0n) is 14.5. The van der Waals surface area contributed by atoms with Crippen molar-refractivity contribution in [2.24, 2.45) is 11.8 Å². The van der Waals surface area contributed by atoms with Gasteiger partial charge in [0.1, 0.15) is 0 Å². The van der Waals surface area contributed by atoms with E-state index in [1.54, 1.807) is 6.20 Å². The summed E-state index contributed by atoms with van der Waals surface area (Å²) in [6.07, 6.45) is 5.30. The first-order valence-electron chi connectivity index (χ1n) is 9.13. The van der Waals surface area contributed by atoms with Crippen LogP contribution in [0.15, 0.2) is 36.5 Å². The highest BCUT2D eigenvalue weighted by molar-refractivity contribution is 6.05. The van der Waals surface area contributed by atoms with Gasteiger partial charge in [-0.05, 0) is 25.0 Å². The highest BCUT2D eigenvalue weighted by Gasteiger charge is 2.47. The monoisotopic (exact) mass is 351 g/mol. The molecule has 2 fully saturated rings. The van der Waals surface area contributed by atoms with Gasteiger partial charge >= 0.3 is 0 Å². The lowest BCUT2D eigenvalue weighted by Crippen LogP contribution is -2.34. The number of nitrogens with zero attached hydrogens (tertiary/aromatic N) is 2. The van der Waals surface area contributed by atoms with E-state index in [1.165, 1.54) is 4.90 Å². The molecule has 6 nitrogen and oxygen atoms in total. The van der Waals surface area contributed by atoms with Crippen molar-refractivity contribution < 1.29 is 14.4 Å². The quantitative estimate of drug-likeness (QED) is 0.859. The number of para-hydroxylation sites is 1. The molecule has 1 saturated heterocycles. The van der Waals surface area contributed by atoms with Crippen molar-refractivity contribution in [2.75, 3.05) is 11.9 Å². The minimum Gasteiger partial charge on any atom is -0.325 e. The third-order valence-corrected chi connectivity index (χ3v) is 5.37. The third-order valence-electron chi connectivity index (χ3n) is 5.37. The number of hydrogen-bond acceptors (Lipinski definition) is 4. The lowest BCUT2D eigenvalue weighted by molar-refractivity contribution is -0.140. The van der Waals surface area contributed by atoms with Crippen LogP contribution in [0.2, 0.25) is 0 Å². The number of likely N-dealkylation sites (tertiary alicyclic amines) is 1. The molecule has 1 aromatic heterocycles. The predicted molar refractivity (Wildman–Crippen MR) is 97.2 cm³/mol. The number of carbonyl (C=O) groups excluding carboxylic acids is 3. The fourth-order valence-corrected chi connectivity index (χ4v) is 4.03. The number of rotatable bonds is 4. The van der Waals surface area contributed by atoms with Crippen LogP contribution in [-0.2, 0) is 14.4 Å². The minimum atomic E-state index is -0.224. The van der Waals surface area contributed by atoms with Crippen molar-refractivity contribution in [3.05, 3.63) is 36.5 Å². The molecule has 0 bridgehead atoms. The average Bonchev–Trinajstić information content (AvgIpc) is 2.91. The van der Waals surface area contributed by atoms with Crippen LogP contribution < -0.4 is 5.32 Å². The number of nitrogens with one attached hydrogen (secondary N) is 1. The summed E-state index contributed by atoms with van der Waals surface area (Å²) in [5.74, 6) is -0.745. The Bertz CT molecular complexity index is 855. The standard InChI is InChI=1S/C20H21N3O3/c24-18(22-14-11-13-5-1-4-8-17(13)21-12-14)9-10-23-19(25)15-6-2-3-7-16(15)20(23)26/h1,4-5,8,11-12,15-16H,2-3,6-7,9-10H2,(H,22,24)/t15-,16-/m0/s1. The highest BCUT2D eigenvalue weighted by Crippen LogP contribution is 2.37. The Labute approximate surface area is 151 Å². The zero-order chi connectivity index (χ0) is 18.1. The van der Waals surface area contributed by atoms with Crippen LogP contribution in [0, 0.1) is 11.8 Å². The molecule has 0 unspecified atom stereocenters. The molecule has 4 rings (SSSR count). The van der Waals surface area contributed by atoms with Gasteiger partial charge in [-0.3, -0.25) is 24.3 Å². The van der Waals surface area contributed by atoms with E-state index in [9.17, 15) is 14.4 Å². The lowest BCUT2D eigenvalue weighted by Gasteiger charge is -2.19. The van der Waals surface area contributed by atoms with Gasteiger partial charge in [0.2, 0.25) is 17.7 Å². The third kappa shape index (κ3) is 3.07. The van der Waals surface area contributed by atoms with E-state index in [0.717, 1.165) is 36.6 Å². The van der Waals surface area contributed by atoms with Crippen LogP contribution in [0.4, 0.5) is 5.69 Å². The molecule has 134 valence electrons. The molecule has 2 atom stereocenters. The lowest BCUT2D eigenvalue weighted by atomic mass is 9.81. The van der Waals surface area contributed by atoms with Gasteiger partial charge in [0.15, 0.2) is 0 Å². The van der Waals surface area contributed by atoms with Crippen LogP contribution in [-0.4, -0.2) is 34.2 Å². The number of carbonyl (C=O) groups is 3. The molecule has 1 aliphatic heterocycles. The molecular weight excluding hydrogens is 330 g/mol. The summed E-state index contributed by atoms with van der Waals surface area (Å²) in [4.78, 5) is 42.7. The number of fused-ring (bicyclic) bond motifs is 2. The van der Waals surface area contributed by atoms with Crippen LogP contribution in [0.25, 0.3) is 10.9 Å². The van der Waals surface area contributed by atoms with Gasteiger partial charge in [0.25, 0.3) is 0 Å². The van der Waals surface area contributed by atoms with Gasteiger partial charge < -0.3 is 5.32 Å². The van der Waals surface area contributed by atoms with Gasteiger partial charge in [0, 0.05) is 18.4 Å². The summed E-state index contributed by atoms with van der Waals surface area (Å²) in [6, 6.07) is 9.53. The van der Waals surface area contributed by atoms with E-state index in [-0.39, 0.29) is 42.5 Å². The first-order chi connectivity index (χ1) is 12.6. The maximum Gasteiger partial charge on any atom is 0.233 e. The molecular formula is C20H21N3O3. The number of amides is 3. The maximum atomic E-state index is 12.4. The molecule has 0 spiro atoms. The maximum absolute atomic E-state index is 12.4. The molecule has 1 N–H and O–H groups in total. The molecule has 1 aromatic carbocycles. The Kier molecular flexibility index (Phi) is 4.41. The summed E-state index contributed by atoms with van der Waals surface area (Å²) in [7, 11) is 0. The molecule has 26 heavy (non-hydrogen) atoms. The van der Waals surface area contributed by atoms with Crippen LogP contribution in [0.1, 0.15) is 32.1 Å². The van der Waals surface area contributed by atoms with Crippen LogP contribution >= 0.6 is 0 Å². The number of aromatic nitrogens is 1. The largest absolute Gasteiger partial charge is 0.325 e. The number of benzene rings is 1. The topological polar surface area (TPSA) is 79.4 Å². The number of anilines is 1. The zero-order valence-corrected chi connectivity index (χ0v) is 14.5. The predicted octanol–water partition coefficient (Wildman–Crippen LogP) is 2.74. The van der Waals surface area contributed by atoms with Gasteiger partial charge in [-0.15, -0.1) is 0 Å². The van der Waals surface area contributed by atoms with Crippen molar-refractivity contribution in [3.8, 4) is 0 Å². The smallest absolute Gasteiger partial charge is 0.233 e. The number of hydrogen-bond donors (Lipinski definition) is 1. The Morgan fingerprint density at radius 2 is 1.81 bits per heavy atom. The molecule has 2 aliphatic rings. The van der Waals surface area contributed by atoms with E-state index in [4.69, 9.17) is 0 Å². The molecule has 6 heteroatoms. The Morgan fingerprint density at radius 3 is 2.54 bits per heavy atom. The summed E-state index contributed by atoms with van der Waals surface area (Å²) in [6.45, 7) is 0.150. The van der Waals surface area contributed by atoms with Crippen molar-refractivity contribution in [2.45, 2.75) is 32.1 Å². The second-order valence-corrected chi connectivity index (χ2v) is 7.04. The van der Waals surface area contributed by atoms with E-state index in [2.05, 4.69) is 10.3 Å². The molecule has 1 saturated carbocycles. The average molecular weight is 351 g/mol. The first kappa shape index (κ1) is 16.7. The first-order valence-corrected chi connectivity index (χ1v) is 9.13. The highest BCUT2D eigenvalue weighted by atomic mass is 16.2. The van der Waals surface area contributed by atoms with Crippen LogP contribution in [0.3, 0.4) is 0 Å². The molecule has 1 aliphatic carbocycles. The van der Waals surface area contributed by atoms with Crippen LogP contribution in [0.5, 0.6) is 0 Å². The van der Waals surface area contributed by atoms with E-state index in [0.29, 0.717) is 5.69 Å². The van der Waals surface area contributed by atoms with Gasteiger partial charge in [0.05, 0.1) is 29.2 Å². The van der Waals surface area contributed by atoms with Crippen molar-refractivity contribution >= 4 is 34.3 Å². The van der Waals surface area contributed by atoms with Gasteiger partial charge in [-0.25, -0.2) is 0 Å². The van der Waals surface area contributed by atoms with Crippen molar-refractivity contribution in [1.29, 1.82) is 0 Å². The SMILES string of the molecule is O=C(CCN1C(=O)[C@H]2CCCC[C@@H]2C1=O)Nc1cnc2ccccc2c1. The molecule has 2 heterocycles. The van der Waals surface area contributed by atoms with Crippen molar-refractivity contribution in [3.63, 3.8) is 0 Å². The molecule has 2 aromatic rings. The summed E-state index contributed by atoms with van der Waals surface area (Å²) < 4.78 is 0. The summed E-state index contributed by atoms with van der Waals surface area (Å²) in [5, 5.41) is 3.74. The van der Waals surface area contributed by atoms with Crippen molar-refractivity contribution in [1.82, 2.24) is 9.88 Å². The van der Waals surface area contributed by atoms with E-state index in [1.807, 2.05) is 30.3 Å². The second kappa shape index (κ2) is 6.86. The van der Waals surface area contributed by atoms with Gasteiger partial charge in [-0.2, -0.15) is 0 Å². The second-order valence-electron chi connectivity index (χ2n) is 7.04. The fraction of sp³-hybridized carbons (Fsp3) is 0.400. The number of imide groups is 1. The molecule has 0 radical (unpaired) electrons. The fourth-order valence-electron chi connectivity index (χ4n) is 4.03. The summed E-state index contributed by atoms with van der Waals surface area (Å²) in [5.41, 5.74) is 1.47. The Balaban J connectivity index is 1.37. The molecule has 3 amide bonds.